The minimum absolute atomic E-state index is 0.175. The molecule has 35 heavy (non-hydrogen) atoms. The minimum Gasteiger partial charge on any atom is -0.508 e. The number of benzene rings is 3. The molecule has 0 atom stereocenters. The SMILES string of the molecule is Oc1ccc2c(c1)OCC1=C2COc2c1ccc(O)c2-c1ccc(OCCN2CCCCC2)cc1. The number of nitrogens with zero attached hydrogens (tertiary/aromatic N) is 1. The van der Waals surface area contributed by atoms with Crippen molar-refractivity contribution >= 4 is 11.1 Å². The molecule has 6 nitrogen and oxygen atoms in total. The number of likely N-dealkylation sites (tertiary alicyclic amines) is 1. The van der Waals surface area contributed by atoms with Gasteiger partial charge in [0.1, 0.15) is 48.6 Å². The summed E-state index contributed by atoms with van der Waals surface area (Å²) in [7, 11) is 0. The molecule has 0 amide bonds. The first-order valence-electron chi connectivity index (χ1n) is 12.3. The second kappa shape index (κ2) is 9.19. The second-order valence-electron chi connectivity index (χ2n) is 9.33. The molecule has 180 valence electrons. The van der Waals surface area contributed by atoms with Gasteiger partial charge >= 0.3 is 0 Å². The number of fused-ring (bicyclic) bond motifs is 4. The van der Waals surface area contributed by atoms with E-state index in [1.165, 1.54) is 19.3 Å². The first-order chi connectivity index (χ1) is 17.2. The van der Waals surface area contributed by atoms with Crippen LogP contribution < -0.4 is 14.2 Å². The Morgan fingerprint density at radius 2 is 1.54 bits per heavy atom. The van der Waals surface area contributed by atoms with Gasteiger partial charge in [-0.3, -0.25) is 4.90 Å². The van der Waals surface area contributed by atoms with E-state index in [2.05, 4.69) is 4.90 Å². The molecule has 0 saturated carbocycles. The molecule has 0 unspecified atom stereocenters. The number of hydrogen-bond acceptors (Lipinski definition) is 6. The van der Waals surface area contributed by atoms with Crippen molar-refractivity contribution in [3.8, 4) is 39.9 Å². The van der Waals surface area contributed by atoms with Crippen molar-refractivity contribution in [3.05, 3.63) is 65.7 Å². The summed E-state index contributed by atoms with van der Waals surface area (Å²) in [5, 5.41) is 20.6. The quantitative estimate of drug-likeness (QED) is 0.525. The fourth-order valence-electron chi connectivity index (χ4n) is 5.26. The van der Waals surface area contributed by atoms with Crippen molar-refractivity contribution in [1.29, 1.82) is 0 Å². The van der Waals surface area contributed by atoms with Gasteiger partial charge in [-0.05, 0) is 67.9 Å². The van der Waals surface area contributed by atoms with Crippen molar-refractivity contribution in [3.63, 3.8) is 0 Å². The Bertz CT molecular complexity index is 1270. The van der Waals surface area contributed by atoms with E-state index >= 15 is 0 Å². The van der Waals surface area contributed by atoms with E-state index in [1.807, 2.05) is 36.4 Å². The average molecular weight is 472 g/mol. The zero-order valence-electron chi connectivity index (χ0n) is 19.6. The summed E-state index contributed by atoms with van der Waals surface area (Å²) in [6.45, 7) is 4.71. The molecule has 3 aliphatic rings. The Morgan fingerprint density at radius 1 is 0.800 bits per heavy atom. The fraction of sp³-hybridized carbons (Fsp3) is 0.310. The molecule has 3 aromatic rings. The summed E-state index contributed by atoms with van der Waals surface area (Å²) in [6.07, 6.45) is 3.90. The van der Waals surface area contributed by atoms with Gasteiger partial charge in [-0.15, -0.1) is 0 Å². The highest BCUT2D eigenvalue weighted by atomic mass is 16.5. The first kappa shape index (κ1) is 21.9. The Hall–Kier alpha value is -3.64. The van der Waals surface area contributed by atoms with E-state index < -0.39 is 0 Å². The van der Waals surface area contributed by atoms with Crippen LogP contribution in [0, 0.1) is 0 Å². The lowest BCUT2D eigenvalue weighted by Gasteiger charge is -2.30. The molecular formula is C29H29NO5. The van der Waals surface area contributed by atoms with E-state index in [-0.39, 0.29) is 11.5 Å². The third kappa shape index (κ3) is 4.19. The predicted octanol–water partition coefficient (Wildman–Crippen LogP) is 5.33. The van der Waals surface area contributed by atoms with Gasteiger partial charge in [-0.1, -0.05) is 18.6 Å². The summed E-state index contributed by atoms with van der Waals surface area (Å²) in [6, 6.07) is 16.6. The normalized spacial score (nSPS) is 17.0. The van der Waals surface area contributed by atoms with E-state index in [1.54, 1.807) is 18.2 Å². The lowest BCUT2D eigenvalue weighted by atomic mass is 9.88. The van der Waals surface area contributed by atoms with Crippen LogP contribution in [-0.2, 0) is 0 Å². The number of ether oxygens (including phenoxy) is 3. The summed E-state index contributed by atoms with van der Waals surface area (Å²) >= 11 is 0. The molecule has 0 aliphatic carbocycles. The van der Waals surface area contributed by atoms with Crippen molar-refractivity contribution in [2.75, 3.05) is 39.5 Å². The molecule has 3 aromatic carbocycles. The van der Waals surface area contributed by atoms with Crippen molar-refractivity contribution in [2.24, 2.45) is 0 Å². The Kier molecular flexibility index (Phi) is 5.74. The van der Waals surface area contributed by atoms with Crippen molar-refractivity contribution in [1.82, 2.24) is 4.90 Å². The van der Waals surface area contributed by atoms with Crippen LogP contribution in [0.15, 0.2) is 54.6 Å². The molecule has 0 spiro atoms. The Labute approximate surface area is 205 Å². The van der Waals surface area contributed by atoms with Crippen LogP contribution in [0.3, 0.4) is 0 Å². The summed E-state index contributed by atoms with van der Waals surface area (Å²) < 4.78 is 18.2. The van der Waals surface area contributed by atoms with Crippen molar-refractivity contribution in [2.45, 2.75) is 19.3 Å². The van der Waals surface area contributed by atoms with Crippen LogP contribution in [0.4, 0.5) is 0 Å². The van der Waals surface area contributed by atoms with Gasteiger partial charge in [0.15, 0.2) is 0 Å². The van der Waals surface area contributed by atoms with Gasteiger partial charge in [0.05, 0.1) is 5.56 Å². The highest BCUT2D eigenvalue weighted by molar-refractivity contribution is 6.00. The molecule has 3 aliphatic heterocycles. The molecule has 0 bridgehead atoms. The molecule has 1 saturated heterocycles. The van der Waals surface area contributed by atoms with E-state index in [0.29, 0.717) is 36.9 Å². The fourth-order valence-corrected chi connectivity index (χ4v) is 5.26. The lowest BCUT2D eigenvalue weighted by Crippen LogP contribution is -2.33. The van der Waals surface area contributed by atoms with E-state index in [4.69, 9.17) is 14.2 Å². The maximum absolute atomic E-state index is 10.8. The molecule has 6 rings (SSSR count). The third-order valence-electron chi connectivity index (χ3n) is 7.12. The number of phenolic OH excluding ortho intramolecular Hbond substituents is 2. The predicted molar refractivity (Wildman–Crippen MR) is 135 cm³/mol. The highest BCUT2D eigenvalue weighted by Gasteiger charge is 2.30. The molecule has 3 heterocycles. The van der Waals surface area contributed by atoms with Gasteiger partial charge in [0, 0.05) is 34.9 Å². The monoisotopic (exact) mass is 471 g/mol. The number of aromatic hydroxyl groups is 2. The number of piperidine rings is 1. The van der Waals surface area contributed by atoms with Crippen LogP contribution in [0.1, 0.15) is 30.4 Å². The van der Waals surface area contributed by atoms with Gasteiger partial charge in [-0.25, -0.2) is 0 Å². The number of hydrogen-bond donors (Lipinski definition) is 2. The topological polar surface area (TPSA) is 71.4 Å². The van der Waals surface area contributed by atoms with Crippen molar-refractivity contribution < 1.29 is 24.4 Å². The Morgan fingerprint density at radius 3 is 2.37 bits per heavy atom. The number of phenols is 2. The van der Waals surface area contributed by atoms with Crippen LogP contribution in [0.25, 0.3) is 22.3 Å². The zero-order chi connectivity index (χ0) is 23.8. The van der Waals surface area contributed by atoms with Crippen LogP contribution in [-0.4, -0.2) is 54.6 Å². The maximum atomic E-state index is 10.8. The standard InChI is InChI=1S/C29H29NO5/c31-20-6-9-22-24-18-35-29-23(25(24)17-34-27(22)16-20)10-11-26(32)28(29)19-4-7-21(8-5-19)33-15-14-30-12-2-1-3-13-30/h4-11,16,31-32H,1-3,12-15,17-18H2. The first-order valence-corrected chi connectivity index (χ1v) is 12.3. The van der Waals surface area contributed by atoms with E-state index in [9.17, 15) is 10.2 Å². The van der Waals surface area contributed by atoms with Gasteiger partial charge in [-0.2, -0.15) is 0 Å². The zero-order valence-corrected chi connectivity index (χ0v) is 19.6. The van der Waals surface area contributed by atoms with Crippen LogP contribution in [0.5, 0.6) is 28.7 Å². The minimum atomic E-state index is 0.175. The lowest BCUT2D eigenvalue weighted by molar-refractivity contribution is 0.183. The second-order valence-corrected chi connectivity index (χ2v) is 9.33. The highest BCUT2D eigenvalue weighted by Crippen LogP contribution is 2.49. The maximum Gasteiger partial charge on any atom is 0.139 e. The van der Waals surface area contributed by atoms with Gasteiger partial charge in [0.25, 0.3) is 0 Å². The van der Waals surface area contributed by atoms with E-state index in [0.717, 1.165) is 53.2 Å². The van der Waals surface area contributed by atoms with Crippen LogP contribution in [0.2, 0.25) is 0 Å². The summed E-state index contributed by atoms with van der Waals surface area (Å²) in [5.41, 5.74) is 5.48. The molecule has 2 N–H and O–H groups in total. The average Bonchev–Trinajstić information content (AvgIpc) is 2.89. The Balaban J connectivity index is 1.25. The van der Waals surface area contributed by atoms with Gasteiger partial charge in [0.2, 0.25) is 0 Å². The number of rotatable bonds is 5. The molecule has 0 aromatic heterocycles. The molecule has 0 radical (unpaired) electrons. The third-order valence-corrected chi connectivity index (χ3v) is 7.12. The molecule has 1 fully saturated rings. The van der Waals surface area contributed by atoms with Crippen LogP contribution >= 0.6 is 0 Å². The summed E-state index contributed by atoms with van der Waals surface area (Å²) in [4.78, 5) is 2.46. The summed E-state index contributed by atoms with van der Waals surface area (Å²) in [5.74, 6) is 2.49. The van der Waals surface area contributed by atoms with Gasteiger partial charge < -0.3 is 24.4 Å². The largest absolute Gasteiger partial charge is 0.508 e. The molecule has 6 heteroatoms. The smallest absolute Gasteiger partial charge is 0.139 e. The molecular weight excluding hydrogens is 442 g/mol.